The van der Waals surface area contributed by atoms with E-state index in [1.54, 1.807) is 13.8 Å². The second-order valence-electron chi connectivity index (χ2n) is 12.9. The predicted molar refractivity (Wildman–Crippen MR) is 126 cm³/mol. The van der Waals surface area contributed by atoms with Crippen molar-refractivity contribution in [3.63, 3.8) is 0 Å². The molecule has 38 heavy (non-hydrogen) atoms. The van der Waals surface area contributed by atoms with Crippen LogP contribution in [0.4, 0.5) is 0 Å². The smallest absolute Gasteiger partial charge is 0.343 e. The monoisotopic (exact) mass is 559 g/mol. The minimum absolute atomic E-state index is 0. The Morgan fingerprint density at radius 2 is 1.76 bits per heavy atom. The van der Waals surface area contributed by atoms with Crippen molar-refractivity contribution in [2.45, 2.75) is 95.9 Å². The van der Waals surface area contributed by atoms with Crippen molar-refractivity contribution in [3.8, 4) is 0 Å². The second-order valence-corrected chi connectivity index (χ2v) is 12.9. The van der Waals surface area contributed by atoms with E-state index < -0.39 is 99.9 Å². The van der Waals surface area contributed by atoms with Gasteiger partial charge in [0.05, 0.1) is 11.3 Å². The molecule has 2 saturated carbocycles. The molecule has 12 atom stereocenters. The van der Waals surface area contributed by atoms with Crippen LogP contribution in [0.2, 0.25) is 0 Å². The van der Waals surface area contributed by atoms with Crippen LogP contribution in [-0.4, -0.2) is 82.0 Å². The van der Waals surface area contributed by atoms with E-state index in [1.165, 1.54) is 6.92 Å². The minimum Gasteiger partial charge on any atom is -0.459 e. The lowest BCUT2D eigenvalue weighted by molar-refractivity contribution is -0.240. The number of hydrogen-bond donors (Lipinski definition) is 3. The standard InChI is InChI=1S/C25H33NO11.ClH/c1-8(2)12(26)17(29)34-14-15-24(32,9(3)16(28)35-15)25-19(31)33-11-7-10(21(4,5)6)22(23(11,14)25)13(27)18(30)36-20(22)37-25;/h8-15,20,27,32H,7,26H2,1-6H3;1H/t9-,10+,11?,12+,13+,14+,15?,20?,22?,23?,24-,25?;/m1./s1. The molecule has 6 aliphatic rings. The Kier molecular flexibility index (Phi) is 5.51. The number of carbonyl (C=O) groups is 4. The zero-order chi connectivity index (χ0) is 27.2. The first-order valence-electron chi connectivity index (χ1n) is 12.7. The summed E-state index contributed by atoms with van der Waals surface area (Å²) in [5.74, 6) is -5.78. The van der Waals surface area contributed by atoms with Gasteiger partial charge in [-0.1, -0.05) is 34.6 Å². The molecule has 2 aliphatic carbocycles. The van der Waals surface area contributed by atoms with Crippen LogP contribution in [0.25, 0.3) is 0 Å². The highest BCUT2D eigenvalue weighted by Gasteiger charge is 3.04. The number of fused-ring (bicyclic) bond motifs is 1. The molecule has 0 radical (unpaired) electrons. The van der Waals surface area contributed by atoms with E-state index in [4.69, 9.17) is 29.4 Å². The number of rotatable bonds is 3. The largest absolute Gasteiger partial charge is 0.459 e. The summed E-state index contributed by atoms with van der Waals surface area (Å²) in [6.45, 7) is 10.5. The van der Waals surface area contributed by atoms with Crippen LogP contribution in [-0.2, 0) is 42.9 Å². The number of ether oxygens (including phenoxy) is 5. The highest BCUT2D eigenvalue weighted by molar-refractivity contribution is 5.94. The Balaban J connectivity index is 0.00000294. The zero-order valence-electron chi connectivity index (χ0n) is 22.0. The van der Waals surface area contributed by atoms with Crippen LogP contribution in [0, 0.1) is 34.0 Å². The minimum atomic E-state index is -2.35. The van der Waals surface area contributed by atoms with Crippen molar-refractivity contribution in [1.29, 1.82) is 0 Å². The molecule has 13 heteroatoms. The molecule has 0 aromatic carbocycles. The molecule has 0 aromatic rings. The van der Waals surface area contributed by atoms with E-state index in [2.05, 4.69) is 0 Å². The van der Waals surface area contributed by atoms with Crippen LogP contribution in [0.1, 0.15) is 48.0 Å². The van der Waals surface area contributed by atoms with E-state index in [1.807, 2.05) is 20.8 Å². The second kappa shape index (κ2) is 7.60. The molecule has 6 rings (SSSR count). The van der Waals surface area contributed by atoms with Crippen LogP contribution in [0.3, 0.4) is 0 Å². The number of halogens is 1. The first-order chi connectivity index (χ1) is 17.1. The molecule has 4 heterocycles. The normalized spacial score (nSPS) is 50.5. The van der Waals surface area contributed by atoms with Gasteiger partial charge in [-0.15, -0.1) is 12.4 Å². The summed E-state index contributed by atoms with van der Waals surface area (Å²) in [4.78, 5) is 52.9. The molecular formula is C25H34ClNO11. The summed E-state index contributed by atoms with van der Waals surface area (Å²) in [6, 6.07) is -1.08. The fraction of sp³-hybridized carbons (Fsp3) is 0.840. The molecule has 12 nitrogen and oxygen atoms in total. The topological polar surface area (TPSA) is 181 Å². The third kappa shape index (κ3) is 2.41. The summed E-state index contributed by atoms with van der Waals surface area (Å²) in [7, 11) is 0. The summed E-state index contributed by atoms with van der Waals surface area (Å²) in [5, 5.41) is 23.9. The number of aliphatic hydroxyl groups is 2. The third-order valence-corrected chi connectivity index (χ3v) is 10.2. The van der Waals surface area contributed by atoms with Crippen molar-refractivity contribution < 1.29 is 53.1 Å². The lowest BCUT2D eigenvalue weighted by atomic mass is 9.51. The van der Waals surface area contributed by atoms with Crippen molar-refractivity contribution in [1.82, 2.24) is 0 Å². The highest BCUT2D eigenvalue weighted by atomic mass is 35.5. The molecule has 4 aliphatic heterocycles. The average molecular weight is 560 g/mol. The number of carbonyl (C=O) groups excluding carboxylic acids is 4. The van der Waals surface area contributed by atoms with Gasteiger partial charge in [-0.3, -0.25) is 9.59 Å². The molecule has 0 bridgehead atoms. The van der Waals surface area contributed by atoms with E-state index in [0.717, 1.165) is 0 Å². The maximum atomic E-state index is 13.8. The molecule has 2 spiro atoms. The van der Waals surface area contributed by atoms with E-state index in [9.17, 15) is 29.4 Å². The lowest BCUT2D eigenvalue weighted by Crippen LogP contribution is -2.67. The van der Waals surface area contributed by atoms with Gasteiger partial charge in [0.15, 0.2) is 23.9 Å². The van der Waals surface area contributed by atoms with Crippen molar-refractivity contribution in [2.24, 2.45) is 39.7 Å². The van der Waals surface area contributed by atoms with Gasteiger partial charge < -0.3 is 39.6 Å². The van der Waals surface area contributed by atoms with Gasteiger partial charge in [0.25, 0.3) is 0 Å². The fourth-order valence-corrected chi connectivity index (χ4v) is 8.71. The number of nitrogens with two attached hydrogens (primary N) is 1. The maximum absolute atomic E-state index is 13.8. The van der Waals surface area contributed by atoms with Gasteiger partial charge >= 0.3 is 23.9 Å². The van der Waals surface area contributed by atoms with Gasteiger partial charge in [-0.2, -0.15) is 0 Å². The van der Waals surface area contributed by atoms with Crippen molar-refractivity contribution in [2.75, 3.05) is 0 Å². The summed E-state index contributed by atoms with van der Waals surface area (Å²) in [5.41, 5.74) is -2.65. The highest BCUT2D eigenvalue weighted by Crippen LogP contribution is 2.85. The van der Waals surface area contributed by atoms with Crippen LogP contribution in [0.5, 0.6) is 0 Å². The van der Waals surface area contributed by atoms with E-state index in [0.29, 0.717) is 0 Å². The quantitative estimate of drug-likeness (QED) is 0.301. The van der Waals surface area contributed by atoms with Crippen LogP contribution >= 0.6 is 12.4 Å². The Morgan fingerprint density at radius 1 is 1.13 bits per heavy atom. The van der Waals surface area contributed by atoms with Crippen molar-refractivity contribution in [3.05, 3.63) is 0 Å². The number of aliphatic hydroxyl groups excluding tert-OH is 1. The summed E-state index contributed by atoms with van der Waals surface area (Å²) >= 11 is 0. The molecular weight excluding hydrogens is 526 g/mol. The maximum Gasteiger partial charge on any atom is 0.343 e. The van der Waals surface area contributed by atoms with Gasteiger partial charge in [0, 0.05) is 0 Å². The number of esters is 4. The predicted octanol–water partition coefficient (Wildman–Crippen LogP) is -0.413. The van der Waals surface area contributed by atoms with E-state index >= 15 is 0 Å². The van der Waals surface area contributed by atoms with Gasteiger partial charge in [0.1, 0.15) is 17.6 Å². The third-order valence-electron chi connectivity index (χ3n) is 10.2. The summed E-state index contributed by atoms with van der Waals surface area (Å²) < 4.78 is 29.3. The first-order valence-corrected chi connectivity index (χ1v) is 12.7. The Morgan fingerprint density at radius 3 is 2.34 bits per heavy atom. The SMILES string of the molecule is CC(C)[C@H](N)C(=O)O[C@H]1C2OC(=O)[C@@H](C)[C@]2(O)C23OC4OC(=O)[C@H](O)C45[C@H](C(C)(C)C)CC(OC2=O)C153.Cl. The van der Waals surface area contributed by atoms with Crippen molar-refractivity contribution >= 4 is 36.3 Å². The van der Waals surface area contributed by atoms with Gasteiger partial charge in [-0.05, 0) is 30.6 Å². The molecule has 6 unspecified atom stereocenters. The Hall–Kier alpha value is -1.99. The van der Waals surface area contributed by atoms with E-state index in [-0.39, 0.29) is 24.7 Å². The fourth-order valence-electron chi connectivity index (χ4n) is 8.71. The molecule has 212 valence electrons. The molecule has 6 fully saturated rings. The van der Waals surface area contributed by atoms with Gasteiger partial charge in [0.2, 0.25) is 11.9 Å². The Labute approximate surface area is 225 Å². The average Bonchev–Trinajstić information content (AvgIpc) is 3.51. The van der Waals surface area contributed by atoms with Gasteiger partial charge in [-0.25, -0.2) is 9.59 Å². The molecule has 4 N–H and O–H groups in total. The van der Waals surface area contributed by atoms with Crippen LogP contribution < -0.4 is 5.73 Å². The molecule has 0 amide bonds. The molecule has 0 aromatic heterocycles. The Bertz CT molecular complexity index is 1140. The zero-order valence-corrected chi connectivity index (χ0v) is 22.8. The number of hydrogen-bond acceptors (Lipinski definition) is 12. The molecule has 4 saturated heterocycles. The van der Waals surface area contributed by atoms with Crippen LogP contribution in [0.15, 0.2) is 0 Å². The first kappa shape index (κ1) is 27.6. The summed E-state index contributed by atoms with van der Waals surface area (Å²) in [6.07, 6.45) is -7.21. The lowest BCUT2D eigenvalue weighted by Gasteiger charge is -2.48.